The van der Waals surface area contributed by atoms with Crippen molar-refractivity contribution < 1.29 is 14.4 Å². The van der Waals surface area contributed by atoms with E-state index in [1.807, 2.05) is 26.0 Å². The summed E-state index contributed by atoms with van der Waals surface area (Å²) in [6.45, 7) is 7.47. The average molecular weight is 337 g/mol. The molecule has 0 N–H and O–H groups in total. The number of benzene rings is 1. The van der Waals surface area contributed by atoms with Crippen LogP contribution in [0.25, 0.3) is 6.08 Å². The lowest BCUT2D eigenvalue weighted by Crippen LogP contribution is -2.32. The number of aryl methyl sites for hydroxylation is 2. The van der Waals surface area contributed by atoms with Crippen LogP contribution in [-0.4, -0.2) is 17.6 Å². The SMILES string of the molecule is CC(=O)C=Cc1cc(N2C(=O)C3=C(CC(C)CC3)C2=O)c(C)cc1C. The molecule has 130 valence electrons. The van der Waals surface area contributed by atoms with Crippen LogP contribution in [0.3, 0.4) is 0 Å². The van der Waals surface area contributed by atoms with Crippen molar-refractivity contribution in [1.82, 2.24) is 0 Å². The molecule has 1 aliphatic carbocycles. The highest BCUT2D eigenvalue weighted by molar-refractivity contribution is 6.33. The van der Waals surface area contributed by atoms with Crippen LogP contribution in [0.4, 0.5) is 5.69 Å². The van der Waals surface area contributed by atoms with Crippen molar-refractivity contribution in [3.05, 3.63) is 46.0 Å². The largest absolute Gasteiger partial charge is 0.295 e. The van der Waals surface area contributed by atoms with Crippen LogP contribution in [0.5, 0.6) is 0 Å². The number of allylic oxidation sites excluding steroid dienone is 1. The fourth-order valence-corrected chi connectivity index (χ4v) is 3.63. The minimum Gasteiger partial charge on any atom is -0.295 e. The van der Waals surface area contributed by atoms with E-state index in [1.165, 1.54) is 17.9 Å². The van der Waals surface area contributed by atoms with Gasteiger partial charge in [0.2, 0.25) is 0 Å². The molecular formula is C21H23NO3. The Kier molecular flexibility index (Phi) is 4.46. The molecule has 0 aromatic heterocycles. The van der Waals surface area contributed by atoms with Crippen molar-refractivity contribution in [3.8, 4) is 0 Å². The van der Waals surface area contributed by atoms with E-state index in [9.17, 15) is 14.4 Å². The van der Waals surface area contributed by atoms with Crippen LogP contribution in [0.2, 0.25) is 0 Å². The summed E-state index contributed by atoms with van der Waals surface area (Å²) in [6, 6.07) is 3.79. The van der Waals surface area contributed by atoms with Crippen LogP contribution < -0.4 is 4.90 Å². The molecule has 1 aromatic rings. The van der Waals surface area contributed by atoms with E-state index in [1.54, 1.807) is 6.08 Å². The second-order valence-electron chi connectivity index (χ2n) is 7.19. The molecule has 1 aromatic carbocycles. The van der Waals surface area contributed by atoms with Gasteiger partial charge in [0, 0.05) is 11.1 Å². The first-order valence-electron chi connectivity index (χ1n) is 8.70. The minimum atomic E-state index is -0.181. The summed E-state index contributed by atoms with van der Waals surface area (Å²) in [5.41, 5.74) is 4.71. The van der Waals surface area contributed by atoms with Crippen molar-refractivity contribution in [1.29, 1.82) is 0 Å². The number of anilines is 1. The van der Waals surface area contributed by atoms with Crippen LogP contribution >= 0.6 is 0 Å². The zero-order valence-electron chi connectivity index (χ0n) is 15.2. The number of carbonyl (C=O) groups excluding carboxylic acids is 3. The average Bonchev–Trinajstić information content (AvgIpc) is 2.78. The van der Waals surface area contributed by atoms with Crippen molar-refractivity contribution in [3.63, 3.8) is 0 Å². The first-order chi connectivity index (χ1) is 11.8. The number of rotatable bonds is 3. The number of amides is 2. The van der Waals surface area contributed by atoms with Gasteiger partial charge in [-0.05, 0) is 74.8 Å². The topological polar surface area (TPSA) is 54.5 Å². The number of imide groups is 1. The van der Waals surface area contributed by atoms with Gasteiger partial charge in [0.25, 0.3) is 11.8 Å². The molecule has 1 aliphatic heterocycles. The Bertz CT molecular complexity index is 845. The third kappa shape index (κ3) is 3.09. The number of hydrogen-bond acceptors (Lipinski definition) is 3. The monoisotopic (exact) mass is 337 g/mol. The number of hydrogen-bond donors (Lipinski definition) is 0. The quantitative estimate of drug-likeness (QED) is 0.621. The summed E-state index contributed by atoms with van der Waals surface area (Å²) in [4.78, 5) is 38.3. The lowest BCUT2D eigenvalue weighted by Gasteiger charge is -2.19. The van der Waals surface area contributed by atoms with Gasteiger partial charge in [-0.25, -0.2) is 4.90 Å². The van der Waals surface area contributed by atoms with Gasteiger partial charge in [0.1, 0.15) is 0 Å². The van der Waals surface area contributed by atoms with E-state index in [2.05, 4.69) is 6.92 Å². The van der Waals surface area contributed by atoms with E-state index in [4.69, 9.17) is 0 Å². The van der Waals surface area contributed by atoms with Gasteiger partial charge in [-0.3, -0.25) is 14.4 Å². The molecule has 4 heteroatoms. The fourth-order valence-electron chi connectivity index (χ4n) is 3.63. The van der Waals surface area contributed by atoms with Crippen LogP contribution in [0.1, 0.15) is 49.8 Å². The molecular weight excluding hydrogens is 314 g/mol. The van der Waals surface area contributed by atoms with Gasteiger partial charge in [0.05, 0.1) is 5.69 Å². The van der Waals surface area contributed by atoms with Crippen molar-refractivity contribution >= 4 is 29.4 Å². The summed E-state index contributed by atoms with van der Waals surface area (Å²) in [5, 5.41) is 0. The highest BCUT2D eigenvalue weighted by Crippen LogP contribution is 2.39. The highest BCUT2D eigenvalue weighted by Gasteiger charge is 2.41. The van der Waals surface area contributed by atoms with Crippen LogP contribution in [0.15, 0.2) is 29.4 Å². The molecule has 3 rings (SSSR count). The van der Waals surface area contributed by atoms with Gasteiger partial charge in [-0.15, -0.1) is 0 Å². The molecule has 4 nitrogen and oxygen atoms in total. The molecule has 0 saturated heterocycles. The van der Waals surface area contributed by atoms with Crippen LogP contribution in [-0.2, 0) is 14.4 Å². The van der Waals surface area contributed by atoms with Gasteiger partial charge in [0.15, 0.2) is 5.78 Å². The maximum atomic E-state index is 12.9. The van der Waals surface area contributed by atoms with E-state index in [-0.39, 0.29) is 17.6 Å². The van der Waals surface area contributed by atoms with E-state index >= 15 is 0 Å². The summed E-state index contributed by atoms with van der Waals surface area (Å²) >= 11 is 0. The zero-order chi connectivity index (χ0) is 18.3. The summed E-state index contributed by atoms with van der Waals surface area (Å²) < 4.78 is 0. The fraction of sp³-hybridized carbons (Fsp3) is 0.381. The molecule has 2 aliphatic rings. The Hall–Kier alpha value is -2.49. The van der Waals surface area contributed by atoms with E-state index in [0.717, 1.165) is 23.1 Å². The molecule has 2 amide bonds. The third-order valence-electron chi connectivity index (χ3n) is 5.05. The smallest absolute Gasteiger partial charge is 0.261 e. The Morgan fingerprint density at radius 2 is 1.80 bits per heavy atom. The first kappa shape index (κ1) is 17.3. The van der Waals surface area contributed by atoms with Crippen molar-refractivity contribution in [2.75, 3.05) is 4.90 Å². The lowest BCUT2D eigenvalue weighted by atomic mass is 9.86. The molecule has 1 unspecified atom stereocenters. The predicted octanol–water partition coefficient (Wildman–Crippen LogP) is 3.90. The van der Waals surface area contributed by atoms with Gasteiger partial charge in [-0.2, -0.15) is 0 Å². The Morgan fingerprint density at radius 1 is 1.12 bits per heavy atom. The molecule has 0 fully saturated rings. The summed E-state index contributed by atoms with van der Waals surface area (Å²) in [7, 11) is 0. The van der Waals surface area contributed by atoms with Gasteiger partial charge in [-0.1, -0.05) is 19.1 Å². The van der Waals surface area contributed by atoms with Crippen molar-refractivity contribution in [2.45, 2.75) is 47.0 Å². The second kappa shape index (κ2) is 6.43. The lowest BCUT2D eigenvalue weighted by molar-refractivity contribution is -0.120. The zero-order valence-corrected chi connectivity index (χ0v) is 15.2. The second-order valence-corrected chi connectivity index (χ2v) is 7.19. The molecule has 1 atom stereocenters. The Morgan fingerprint density at radius 3 is 2.48 bits per heavy atom. The third-order valence-corrected chi connectivity index (χ3v) is 5.05. The molecule has 25 heavy (non-hydrogen) atoms. The maximum absolute atomic E-state index is 12.9. The maximum Gasteiger partial charge on any atom is 0.261 e. The Labute approximate surface area is 148 Å². The Balaban J connectivity index is 2.03. The highest BCUT2D eigenvalue weighted by atomic mass is 16.2. The van der Waals surface area contributed by atoms with Gasteiger partial charge < -0.3 is 0 Å². The first-order valence-corrected chi connectivity index (χ1v) is 8.70. The normalized spacial score (nSPS) is 20.6. The molecule has 0 saturated carbocycles. The van der Waals surface area contributed by atoms with Gasteiger partial charge >= 0.3 is 0 Å². The standard InChI is InChI=1S/C21H23NO3/c1-12-5-8-17-18(9-12)21(25)22(20(17)24)19-11-16(7-6-15(4)23)13(2)10-14(19)3/h6-7,10-12H,5,8-9H2,1-4H3. The van der Waals surface area contributed by atoms with E-state index < -0.39 is 0 Å². The van der Waals surface area contributed by atoms with E-state index in [0.29, 0.717) is 35.6 Å². The van der Waals surface area contributed by atoms with Crippen LogP contribution in [0, 0.1) is 19.8 Å². The molecule has 0 radical (unpaired) electrons. The molecule has 0 bridgehead atoms. The minimum absolute atomic E-state index is 0.0408. The molecule has 1 heterocycles. The number of carbonyl (C=O) groups is 3. The number of nitrogens with zero attached hydrogens (tertiary/aromatic N) is 1. The summed E-state index contributed by atoms with van der Waals surface area (Å²) in [5.74, 6) is 0.0324. The molecule has 0 spiro atoms. The predicted molar refractivity (Wildman–Crippen MR) is 98.2 cm³/mol. The van der Waals surface area contributed by atoms with Crippen molar-refractivity contribution in [2.24, 2.45) is 5.92 Å². The summed E-state index contributed by atoms with van der Waals surface area (Å²) in [6.07, 6.45) is 5.55. The number of ketones is 1.